The summed E-state index contributed by atoms with van der Waals surface area (Å²) in [4.78, 5) is 123. The van der Waals surface area contributed by atoms with E-state index >= 15 is 0 Å². The molecule has 0 bridgehead atoms. The van der Waals surface area contributed by atoms with Crippen molar-refractivity contribution in [1.29, 1.82) is 0 Å². The van der Waals surface area contributed by atoms with Crippen LogP contribution in [0.3, 0.4) is 0 Å². The maximum atomic E-state index is 14.6. The number of fused-ring (bicyclic) bond motifs is 2. The van der Waals surface area contributed by atoms with E-state index in [1.54, 1.807) is 62.8 Å². The molecule has 4 aliphatic carbocycles. The monoisotopic (exact) mass is 1610 g/mol. The summed E-state index contributed by atoms with van der Waals surface area (Å²) in [6, 6.07) is 10.6. The second kappa shape index (κ2) is 34.5. The number of methoxy groups -OCH3 is 2. The topological polar surface area (TPSA) is 397 Å². The normalized spacial score (nSPS) is 24.0. The number of aliphatic carboxylic acids is 1. The van der Waals surface area contributed by atoms with E-state index in [0.29, 0.717) is 74.0 Å². The maximum Gasteiger partial charge on any atom is 0.408 e. The number of ether oxygens (including phenoxy) is 6. The average Bonchev–Trinajstić information content (AvgIpc) is 1.56. The van der Waals surface area contributed by atoms with Gasteiger partial charge in [0.2, 0.25) is 32.5 Å². The van der Waals surface area contributed by atoms with Crippen LogP contribution in [0.2, 0.25) is 0 Å². The van der Waals surface area contributed by atoms with Gasteiger partial charge in [0.25, 0.3) is 0 Å². The fraction of sp³-hybridized carbons (Fsp3) is 0.564. The molecule has 604 valence electrons. The van der Waals surface area contributed by atoms with E-state index in [9.17, 15) is 47.9 Å². The number of carbonyl (C=O) groups excluding carboxylic acids is 5. The number of amides is 5. The molecule has 6 aliphatic rings. The van der Waals surface area contributed by atoms with Crippen LogP contribution in [0.5, 0.6) is 23.0 Å². The third-order valence-corrected chi connectivity index (χ3v) is 26.6. The first-order chi connectivity index (χ1) is 52.1. The van der Waals surface area contributed by atoms with Gasteiger partial charge < -0.3 is 85.4 Å². The summed E-state index contributed by atoms with van der Waals surface area (Å²) in [5, 5.41) is 29.7. The van der Waals surface area contributed by atoms with Crippen molar-refractivity contribution >= 4 is 105 Å². The lowest BCUT2D eigenvalue weighted by Crippen LogP contribution is -2.58. The Hall–Kier alpha value is -8.44. The summed E-state index contributed by atoms with van der Waals surface area (Å²) < 4.78 is 59.5. The number of benzene rings is 2. The van der Waals surface area contributed by atoms with Crippen LogP contribution in [0.1, 0.15) is 146 Å². The van der Waals surface area contributed by atoms with E-state index in [2.05, 4.69) is 39.7 Å². The van der Waals surface area contributed by atoms with Gasteiger partial charge in [-0.1, -0.05) is 53.7 Å². The fourth-order valence-electron chi connectivity index (χ4n) is 14.4. The third-order valence-electron chi connectivity index (χ3n) is 20.9. The lowest BCUT2D eigenvalue weighted by atomic mass is 9.85. The maximum absolute atomic E-state index is 14.6. The molecule has 0 radical (unpaired) electrons. The molecule has 2 aromatic carbocycles. The number of anilines is 2. The van der Waals surface area contributed by atoms with E-state index in [-0.39, 0.29) is 62.6 Å². The molecule has 12 rings (SSSR count). The van der Waals surface area contributed by atoms with Crippen molar-refractivity contribution in [2.45, 2.75) is 218 Å². The van der Waals surface area contributed by atoms with Gasteiger partial charge in [-0.25, -0.2) is 34.3 Å². The van der Waals surface area contributed by atoms with Crippen LogP contribution in [-0.4, -0.2) is 192 Å². The summed E-state index contributed by atoms with van der Waals surface area (Å²) in [6.45, 7) is 29.0. The molecule has 0 spiro atoms. The van der Waals surface area contributed by atoms with Crippen LogP contribution in [0.25, 0.3) is 44.6 Å². The summed E-state index contributed by atoms with van der Waals surface area (Å²) >= 11 is 2.94. The Bertz CT molecular complexity index is 4520. The first-order valence-corrected chi connectivity index (χ1v) is 43.6. The molecule has 2 saturated heterocycles. The van der Waals surface area contributed by atoms with Crippen LogP contribution in [0.15, 0.2) is 84.6 Å². The minimum atomic E-state index is -3.83. The van der Waals surface area contributed by atoms with Gasteiger partial charge >= 0.3 is 18.2 Å². The second-order valence-corrected chi connectivity index (χ2v) is 39.4. The number of pyridine rings is 2. The number of thiazole rings is 2. The number of nitrogens with two attached hydrogens (primary N) is 1. The van der Waals surface area contributed by atoms with Crippen LogP contribution >= 0.6 is 37.4 Å². The van der Waals surface area contributed by atoms with Crippen LogP contribution in [-0.2, 0) is 37.8 Å². The van der Waals surface area contributed by atoms with Crippen molar-refractivity contribution < 1.29 is 81.2 Å². The molecule has 6 heterocycles. The standard InChI is InChI=1S/C39H53N6O8PS.C33H43N5O7S.C6H12NO2P/c1-9-23-19-39(23,54(8,49)50)44-34(46)31-17-26(20-45(31)35(47)33(38(4,5)6)43-37(48)53-24-12-10-11-13-24)52-32-18-29(30-21-55-36(42-30)40-22(2)3)41-28-16-25(51-7)14-15-27(28)32;1-18(2)34-31-36-25(17-46-31)24-15-27(22-12-11-20(43-6)13-23(22)35-24)44-21-14-26(30(40)41)38(16-21)29(39)28(33(3,4)5)37-32(42)45-19-9-7-8-10-19;1-3-5-4-6(5,7)10(2,8)9/h9,14-16,18,21-24,26,31,33H,1,10-13,17,19-20H2,2-8H3,(H,40,42)(H,43,48)(H,44,46)(H,49,50);11-13,15,17-19,21,26,28H,7-10,14,16H2,1-6H3,(H,34,36)(H,37,42)(H,40,41);3,5H,1,4,7H2,2H3,(H,8,9)/t23-,26-,31+,33-,39+;21-,26+,28-;5-,6+/m111/s1. The number of alkyl carbamates (subject to hydrolysis) is 2. The lowest BCUT2D eigenvalue weighted by Gasteiger charge is -2.35. The van der Waals surface area contributed by atoms with Crippen LogP contribution in [0.4, 0.5) is 19.9 Å². The Balaban J connectivity index is 0.000000212. The van der Waals surface area contributed by atoms with Crippen LogP contribution < -0.4 is 51.3 Å². The van der Waals surface area contributed by atoms with E-state index < -0.39 is 114 Å². The molecule has 2 unspecified atom stereocenters. The summed E-state index contributed by atoms with van der Waals surface area (Å²) in [6.07, 6.45) is 8.22. The van der Waals surface area contributed by atoms with Gasteiger partial charge in [-0.05, 0) is 127 Å². The first-order valence-electron chi connectivity index (χ1n) is 37.7. The zero-order chi connectivity index (χ0) is 81.0. The predicted octanol–water partition coefficient (Wildman–Crippen LogP) is 13.0. The van der Waals surface area contributed by atoms with Gasteiger partial charge in [0.1, 0.15) is 88.2 Å². The molecule has 12 atom stereocenters. The molecule has 111 heavy (non-hydrogen) atoms. The van der Waals surface area contributed by atoms with E-state index in [0.717, 1.165) is 61.6 Å². The largest absolute Gasteiger partial charge is 0.497 e. The van der Waals surface area contributed by atoms with Crippen molar-refractivity contribution in [3.05, 3.63) is 84.6 Å². The number of hydrogen-bond donors (Lipinski definition) is 9. The van der Waals surface area contributed by atoms with Crippen molar-refractivity contribution in [1.82, 2.24) is 45.7 Å². The Labute approximate surface area is 656 Å². The second-order valence-electron chi connectivity index (χ2n) is 32.5. The molecule has 2 aliphatic heterocycles. The minimum absolute atomic E-state index is 0.00187. The number of carboxylic acids is 1. The quantitative estimate of drug-likeness (QED) is 0.0190. The average molecular weight is 1610 g/mol. The number of carbonyl (C=O) groups is 6. The van der Waals surface area contributed by atoms with Gasteiger partial charge in [-0.2, -0.15) is 0 Å². The number of likely N-dealkylation sites (tertiary alicyclic amines) is 2. The van der Waals surface area contributed by atoms with Gasteiger partial charge in [0.05, 0.1) is 55.0 Å². The van der Waals surface area contributed by atoms with Crippen molar-refractivity contribution in [2.75, 3.05) is 51.3 Å². The Morgan fingerprint density at radius 2 is 1.02 bits per heavy atom. The minimum Gasteiger partial charge on any atom is -0.497 e. The number of nitrogens with zero attached hydrogens (tertiary/aromatic N) is 6. The summed E-state index contributed by atoms with van der Waals surface area (Å²) in [7, 11) is -3.78. The molecular formula is C78H108N12O17P2S2. The smallest absolute Gasteiger partial charge is 0.408 e. The first kappa shape index (κ1) is 85.0. The highest BCUT2D eigenvalue weighted by Crippen LogP contribution is 2.68. The van der Waals surface area contributed by atoms with Crippen molar-refractivity contribution in [2.24, 2.45) is 28.4 Å². The lowest BCUT2D eigenvalue weighted by molar-refractivity contribution is -0.150. The summed E-state index contributed by atoms with van der Waals surface area (Å²) in [5.74, 6) is -0.885. The molecule has 6 fully saturated rings. The van der Waals surface area contributed by atoms with Crippen molar-refractivity contribution in [3.63, 3.8) is 0 Å². The van der Waals surface area contributed by atoms with Gasteiger partial charge in [-0.15, -0.1) is 35.8 Å². The zero-order valence-electron chi connectivity index (χ0n) is 65.7. The molecule has 4 aromatic heterocycles. The number of rotatable bonds is 25. The number of aromatic nitrogens is 4. The Morgan fingerprint density at radius 3 is 1.36 bits per heavy atom. The van der Waals surface area contributed by atoms with Gasteiger partial charge in [0.15, 0.2) is 10.3 Å². The molecule has 29 nitrogen and oxygen atoms in total. The Morgan fingerprint density at radius 1 is 0.604 bits per heavy atom. The number of hydrogen-bond acceptors (Lipinski definition) is 23. The molecular weight excluding hydrogens is 1500 g/mol. The van der Waals surface area contributed by atoms with Gasteiger partial charge in [0, 0.05) is 95.9 Å². The van der Waals surface area contributed by atoms with E-state index in [1.807, 2.05) is 92.1 Å². The predicted molar refractivity (Wildman–Crippen MR) is 429 cm³/mol. The highest BCUT2D eigenvalue weighted by Gasteiger charge is 2.64. The SMILES string of the molecule is C=C[C@@H]1C[C@]1(N)P(C)(=O)O.C=C[C@@H]1C[C@]1(NC(=O)[C@@H]1C[C@@H](Oc2cc(-c3csc(NC(C)C)n3)nc3cc(OC)ccc23)CN1C(=O)[C@@H](NC(=O)OC1CCCC1)C(C)(C)C)P(C)(=O)O.COc1ccc2c(O[C@@H]3C[C@@H](C(=O)O)N(C(=O)[C@@H](NC(=O)OC4CCCC4)C(C)(C)C)C3)cc(-c3csc(NC(C)C)n3)nc2c1. The Kier molecular flexibility index (Phi) is 26.4. The highest BCUT2D eigenvalue weighted by atomic mass is 32.1. The van der Waals surface area contributed by atoms with E-state index in [4.69, 9.17) is 59.0 Å². The van der Waals surface area contributed by atoms with Crippen LogP contribution in [0, 0.1) is 22.7 Å². The summed E-state index contributed by atoms with van der Waals surface area (Å²) in [5.41, 5.74) is 7.80. The third kappa shape index (κ3) is 20.3. The molecule has 33 heteroatoms. The molecule has 10 N–H and O–H groups in total. The highest BCUT2D eigenvalue weighted by molar-refractivity contribution is 7.59. The number of nitrogens with one attached hydrogen (secondary N) is 5. The van der Waals surface area contributed by atoms with E-state index in [1.165, 1.54) is 45.8 Å². The molecule has 6 aromatic rings. The van der Waals surface area contributed by atoms with Gasteiger partial charge in [-0.3, -0.25) is 23.5 Å². The fourth-order valence-corrected chi connectivity index (χ4v) is 19.0. The number of carboxylic acid groups (broad SMARTS) is 1. The molecule has 4 saturated carbocycles. The zero-order valence-corrected chi connectivity index (χ0v) is 69.1. The van der Waals surface area contributed by atoms with Crippen molar-refractivity contribution in [3.8, 4) is 45.8 Å². The molecule has 5 amide bonds.